The summed E-state index contributed by atoms with van der Waals surface area (Å²) >= 11 is 1.90. The molecule has 0 spiro atoms. The Morgan fingerprint density at radius 2 is 2.33 bits per heavy atom. The number of rotatable bonds is 5. The van der Waals surface area contributed by atoms with Crippen molar-refractivity contribution < 1.29 is 0 Å². The van der Waals surface area contributed by atoms with Crippen LogP contribution in [0, 0.1) is 5.41 Å². The van der Waals surface area contributed by atoms with Gasteiger partial charge in [0.2, 0.25) is 0 Å². The molecule has 54 valence electrons. The van der Waals surface area contributed by atoms with E-state index in [2.05, 4.69) is 6.92 Å². The summed E-state index contributed by atoms with van der Waals surface area (Å²) in [6.45, 7) is 2.14. The molecule has 0 rings (SSSR count). The maximum Gasteiger partial charge on any atom is 0.0905 e. The summed E-state index contributed by atoms with van der Waals surface area (Å²) in [5, 5.41) is 6.90. The second-order valence-corrected chi connectivity index (χ2v) is 3.22. The van der Waals surface area contributed by atoms with Crippen molar-refractivity contribution in [3.05, 3.63) is 0 Å². The average Bonchev–Trinajstić information content (AvgIpc) is 1.80. The van der Waals surface area contributed by atoms with Crippen LogP contribution in [0.5, 0.6) is 0 Å². The monoisotopic (exact) mass is 146 g/mol. The second-order valence-electron chi connectivity index (χ2n) is 1.83. The molecule has 0 aromatic rings. The van der Waals surface area contributed by atoms with Gasteiger partial charge in [0.25, 0.3) is 0 Å². The topological polar surface area (TPSA) is 49.9 Å². The predicted molar refractivity (Wildman–Crippen MR) is 44.1 cm³/mol. The van der Waals surface area contributed by atoms with E-state index in [1.165, 1.54) is 0 Å². The van der Waals surface area contributed by atoms with Crippen molar-refractivity contribution in [1.29, 1.82) is 5.41 Å². The van der Waals surface area contributed by atoms with Crippen LogP contribution in [0.3, 0.4) is 0 Å². The van der Waals surface area contributed by atoms with Gasteiger partial charge in [-0.3, -0.25) is 5.41 Å². The van der Waals surface area contributed by atoms with E-state index in [4.69, 9.17) is 11.1 Å². The van der Waals surface area contributed by atoms with Crippen molar-refractivity contribution in [1.82, 2.24) is 0 Å². The highest BCUT2D eigenvalue weighted by atomic mass is 32.2. The van der Waals surface area contributed by atoms with Crippen LogP contribution in [-0.2, 0) is 0 Å². The Kier molecular flexibility index (Phi) is 5.83. The first-order valence-corrected chi connectivity index (χ1v) is 4.33. The summed E-state index contributed by atoms with van der Waals surface area (Å²) in [6.07, 6.45) is 1.81. The lowest BCUT2D eigenvalue weighted by Gasteiger charge is -1.95. The van der Waals surface area contributed by atoms with Crippen molar-refractivity contribution in [2.75, 3.05) is 11.5 Å². The molecule has 0 fully saturated rings. The first-order valence-electron chi connectivity index (χ1n) is 3.18. The molecule has 0 aromatic heterocycles. The van der Waals surface area contributed by atoms with Crippen LogP contribution >= 0.6 is 11.8 Å². The van der Waals surface area contributed by atoms with E-state index < -0.39 is 0 Å². The normalized spacial score (nSPS) is 9.44. The minimum Gasteiger partial charge on any atom is -0.388 e. The Balaban J connectivity index is 2.83. The Hall–Kier alpha value is -0.180. The Morgan fingerprint density at radius 3 is 2.78 bits per heavy atom. The van der Waals surface area contributed by atoms with Gasteiger partial charge in [-0.05, 0) is 17.9 Å². The molecule has 0 amide bonds. The highest BCUT2D eigenvalue weighted by Gasteiger charge is 1.88. The van der Waals surface area contributed by atoms with Gasteiger partial charge in [0.1, 0.15) is 0 Å². The van der Waals surface area contributed by atoms with E-state index in [1.807, 2.05) is 11.8 Å². The van der Waals surface area contributed by atoms with E-state index in [9.17, 15) is 0 Å². The maximum atomic E-state index is 6.90. The summed E-state index contributed by atoms with van der Waals surface area (Å²) < 4.78 is 0. The van der Waals surface area contributed by atoms with Gasteiger partial charge in [-0.2, -0.15) is 11.8 Å². The van der Waals surface area contributed by atoms with Gasteiger partial charge in [-0.15, -0.1) is 0 Å². The van der Waals surface area contributed by atoms with E-state index >= 15 is 0 Å². The van der Waals surface area contributed by atoms with Crippen molar-refractivity contribution in [3.8, 4) is 0 Å². The van der Waals surface area contributed by atoms with Gasteiger partial charge < -0.3 is 5.73 Å². The molecule has 2 nitrogen and oxygen atoms in total. The van der Waals surface area contributed by atoms with Crippen molar-refractivity contribution in [3.63, 3.8) is 0 Å². The van der Waals surface area contributed by atoms with Gasteiger partial charge in [0.15, 0.2) is 0 Å². The molecular formula is C6H14N2S. The van der Waals surface area contributed by atoms with Gasteiger partial charge in [-0.1, -0.05) is 6.92 Å². The first-order chi connectivity index (χ1) is 4.27. The lowest BCUT2D eigenvalue weighted by Crippen LogP contribution is -2.08. The van der Waals surface area contributed by atoms with E-state index in [0.29, 0.717) is 5.84 Å². The maximum absolute atomic E-state index is 6.90. The summed E-state index contributed by atoms with van der Waals surface area (Å²) in [4.78, 5) is 0. The summed E-state index contributed by atoms with van der Waals surface area (Å²) in [5.74, 6) is 2.61. The van der Waals surface area contributed by atoms with E-state index in [0.717, 1.165) is 24.3 Å². The molecule has 9 heavy (non-hydrogen) atoms. The predicted octanol–water partition coefficient (Wildman–Crippen LogP) is 1.46. The van der Waals surface area contributed by atoms with Crippen LogP contribution in [0.25, 0.3) is 0 Å². The first kappa shape index (κ1) is 8.82. The molecule has 0 unspecified atom stereocenters. The molecule has 0 aliphatic heterocycles. The Bertz CT molecular complexity index is 83.1. The lowest BCUT2D eigenvalue weighted by atomic mass is 10.3. The average molecular weight is 146 g/mol. The third-order valence-corrected chi connectivity index (χ3v) is 1.92. The second kappa shape index (κ2) is 5.95. The van der Waals surface area contributed by atoms with Crippen LogP contribution in [0.15, 0.2) is 0 Å². The Labute approximate surface area is 60.7 Å². The van der Waals surface area contributed by atoms with E-state index in [-0.39, 0.29) is 0 Å². The third-order valence-electron chi connectivity index (χ3n) is 0.939. The molecular weight excluding hydrogens is 132 g/mol. The number of amidine groups is 1. The Morgan fingerprint density at radius 1 is 1.67 bits per heavy atom. The molecule has 0 heterocycles. The standard InChI is InChI=1S/C6H14N2S/c1-2-9-5-3-4-6(7)8/h2-5H2,1H3,(H3,7,8). The summed E-state index contributed by atoms with van der Waals surface area (Å²) in [6, 6.07) is 0. The van der Waals surface area contributed by atoms with Gasteiger partial charge in [-0.25, -0.2) is 0 Å². The minimum atomic E-state index is 0.312. The van der Waals surface area contributed by atoms with Crippen LogP contribution in [0.2, 0.25) is 0 Å². The number of hydrogen-bond acceptors (Lipinski definition) is 2. The number of nitrogens with two attached hydrogens (primary N) is 1. The van der Waals surface area contributed by atoms with Gasteiger partial charge in [0.05, 0.1) is 5.84 Å². The highest BCUT2D eigenvalue weighted by Crippen LogP contribution is 2.02. The fourth-order valence-electron chi connectivity index (χ4n) is 0.509. The number of hydrogen-bond donors (Lipinski definition) is 2. The highest BCUT2D eigenvalue weighted by molar-refractivity contribution is 7.99. The fraction of sp³-hybridized carbons (Fsp3) is 0.833. The van der Waals surface area contributed by atoms with Gasteiger partial charge in [0, 0.05) is 6.42 Å². The SMILES string of the molecule is CCSCCCC(=N)N. The minimum absolute atomic E-state index is 0.312. The number of nitrogens with one attached hydrogen (secondary N) is 1. The third kappa shape index (κ3) is 7.82. The molecule has 0 aliphatic carbocycles. The molecule has 0 aliphatic rings. The summed E-state index contributed by atoms with van der Waals surface area (Å²) in [5.41, 5.74) is 5.15. The molecule has 0 saturated carbocycles. The van der Waals surface area contributed by atoms with Crippen LogP contribution in [-0.4, -0.2) is 17.3 Å². The number of thioether (sulfide) groups is 1. The summed E-state index contributed by atoms with van der Waals surface area (Å²) in [7, 11) is 0. The lowest BCUT2D eigenvalue weighted by molar-refractivity contribution is 0.989. The zero-order valence-electron chi connectivity index (χ0n) is 5.81. The molecule has 0 aromatic carbocycles. The molecule has 0 radical (unpaired) electrons. The van der Waals surface area contributed by atoms with Crippen LogP contribution in [0.4, 0.5) is 0 Å². The molecule has 0 bridgehead atoms. The molecule has 0 atom stereocenters. The fourth-order valence-corrected chi connectivity index (χ4v) is 1.15. The molecule has 0 saturated heterocycles. The zero-order chi connectivity index (χ0) is 7.11. The van der Waals surface area contributed by atoms with Crippen LogP contribution in [0.1, 0.15) is 19.8 Å². The quantitative estimate of drug-likeness (QED) is 0.350. The van der Waals surface area contributed by atoms with Crippen LogP contribution < -0.4 is 5.73 Å². The smallest absolute Gasteiger partial charge is 0.0905 e. The largest absolute Gasteiger partial charge is 0.388 e. The van der Waals surface area contributed by atoms with Crippen molar-refractivity contribution >= 4 is 17.6 Å². The van der Waals surface area contributed by atoms with Gasteiger partial charge >= 0.3 is 0 Å². The molecule has 3 N–H and O–H groups in total. The van der Waals surface area contributed by atoms with E-state index in [1.54, 1.807) is 0 Å². The molecule has 3 heteroatoms. The zero-order valence-corrected chi connectivity index (χ0v) is 6.63. The van der Waals surface area contributed by atoms with Crippen molar-refractivity contribution in [2.45, 2.75) is 19.8 Å². The van der Waals surface area contributed by atoms with Crippen molar-refractivity contribution in [2.24, 2.45) is 5.73 Å².